The summed E-state index contributed by atoms with van der Waals surface area (Å²) in [7, 11) is 1.56. The Bertz CT molecular complexity index is 1250. The van der Waals surface area contributed by atoms with Gasteiger partial charge in [-0.3, -0.25) is 9.59 Å². The zero-order valence-corrected chi connectivity index (χ0v) is 18.8. The number of nitrogen functional groups attached to an aromatic ring is 1. The molecule has 0 saturated heterocycles. The van der Waals surface area contributed by atoms with Crippen LogP contribution in [0.15, 0.2) is 54.7 Å². The summed E-state index contributed by atoms with van der Waals surface area (Å²) in [6, 6.07) is 14.4. The number of nitrogens with one attached hydrogen (secondary N) is 1. The lowest BCUT2D eigenvalue weighted by molar-refractivity contribution is -0.147. The molecule has 1 aliphatic heterocycles. The van der Waals surface area contributed by atoms with E-state index in [0.717, 1.165) is 11.1 Å². The first kappa shape index (κ1) is 22.7. The number of anilines is 3. The zero-order chi connectivity index (χ0) is 24.1. The summed E-state index contributed by atoms with van der Waals surface area (Å²) in [4.78, 5) is 38.7. The van der Waals surface area contributed by atoms with E-state index >= 15 is 0 Å². The average molecular weight is 460 g/mol. The van der Waals surface area contributed by atoms with E-state index in [0.29, 0.717) is 11.4 Å². The molecule has 3 N–H and O–H groups in total. The molecule has 0 bridgehead atoms. The lowest BCUT2D eigenvalue weighted by Crippen LogP contribution is -2.32. The van der Waals surface area contributed by atoms with E-state index in [2.05, 4.69) is 20.3 Å². The van der Waals surface area contributed by atoms with Gasteiger partial charge in [-0.1, -0.05) is 36.4 Å². The summed E-state index contributed by atoms with van der Waals surface area (Å²) < 4.78 is 10.7. The number of methoxy groups -OCH3 is 1. The van der Waals surface area contributed by atoms with Gasteiger partial charge < -0.3 is 25.4 Å². The van der Waals surface area contributed by atoms with Crippen molar-refractivity contribution >= 4 is 35.5 Å². The molecule has 10 nitrogen and oxygen atoms in total. The molecular formula is C24H24N6O4. The monoisotopic (exact) mass is 460 g/mol. The number of aromatic nitrogens is 3. The van der Waals surface area contributed by atoms with Gasteiger partial charge in [0.2, 0.25) is 17.8 Å². The van der Waals surface area contributed by atoms with E-state index in [1.165, 1.54) is 11.8 Å². The Labute approximate surface area is 196 Å². The summed E-state index contributed by atoms with van der Waals surface area (Å²) in [5.41, 5.74) is 8.30. The van der Waals surface area contributed by atoms with Gasteiger partial charge in [0.15, 0.2) is 12.4 Å². The van der Waals surface area contributed by atoms with Crippen molar-refractivity contribution in [3.05, 3.63) is 71.7 Å². The molecule has 3 aromatic rings. The lowest BCUT2D eigenvalue weighted by Gasteiger charge is -2.32. The van der Waals surface area contributed by atoms with Crippen LogP contribution in [0.25, 0.3) is 6.08 Å². The molecule has 1 amide bonds. The molecule has 2 heterocycles. The van der Waals surface area contributed by atoms with Crippen molar-refractivity contribution in [1.82, 2.24) is 19.9 Å². The van der Waals surface area contributed by atoms with E-state index in [1.807, 2.05) is 42.5 Å². The van der Waals surface area contributed by atoms with Crippen LogP contribution in [0.1, 0.15) is 36.3 Å². The molecule has 0 saturated carbocycles. The Morgan fingerprint density at radius 1 is 1.09 bits per heavy atom. The van der Waals surface area contributed by atoms with Crippen LogP contribution in [-0.4, -0.2) is 38.8 Å². The van der Waals surface area contributed by atoms with Gasteiger partial charge in [-0.25, -0.2) is 0 Å². The Balaban J connectivity index is 1.45. The quantitative estimate of drug-likeness (QED) is 0.510. The molecule has 0 aliphatic carbocycles. The minimum atomic E-state index is -0.500. The van der Waals surface area contributed by atoms with Crippen LogP contribution >= 0.6 is 0 Å². The second-order valence-electron chi connectivity index (χ2n) is 7.51. The number of hydrogen-bond acceptors (Lipinski definition) is 9. The first-order chi connectivity index (χ1) is 16.4. The van der Waals surface area contributed by atoms with Crippen LogP contribution in [0.2, 0.25) is 0 Å². The summed E-state index contributed by atoms with van der Waals surface area (Å²) in [6.07, 6.45) is 3.52. The summed E-state index contributed by atoms with van der Waals surface area (Å²) in [5.74, 6) is 0.294. The smallest absolute Gasteiger partial charge is 0.308 e. The number of carbonyl (C=O) groups is 2. The van der Waals surface area contributed by atoms with E-state index in [4.69, 9.17) is 15.2 Å². The van der Waals surface area contributed by atoms with Gasteiger partial charge >= 0.3 is 5.97 Å². The van der Waals surface area contributed by atoms with Crippen LogP contribution in [0.3, 0.4) is 0 Å². The number of benzene rings is 2. The third-order valence-corrected chi connectivity index (χ3v) is 5.24. The summed E-state index contributed by atoms with van der Waals surface area (Å²) >= 11 is 0. The number of hydrogen-bond donors (Lipinski definition) is 2. The zero-order valence-electron chi connectivity index (χ0n) is 18.8. The normalized spacial score (nSPS) is 14.3. The van der Waals surface area contributed by atoms with Crippen molar-refractivity contribution in [1.29, 1.82) is 0 Å². The van der Waals surface area contributed by atoms with Crippen LogP contribution < -0.4 is 15.8 Å². The molecule has 0 unspecified atom stereocenters. The highest BCUT2D eigenvalue weighted by molar-refractivity contribution is 5.80. The summed E-state index contributed by atoms with van der Waals surface area (Å²) in [5, 5.41) is 3.03. The predicted molar refractivity (Wildman–Crippen MR) is 126 cm³/mol. The van der Waals surface area contributed by atoms with E-state index in [1.54, 1.807) is 25.4 Å². The lowest BCUT2D eigenvalue weighted by atomic mass is 9.94. The Morgan fingerprint density at radius 3 is 2.65 bits per heavy atom. The van der Waals surface area contributed by atoms with Crippen LogP contribution in [-0.2, 0) is 20.9 Å². The molecule has 1 atom stereocenters. The molecule has 1 aromatic heterocycles. The summed E-state index contributed by atoms with van der Waals surface area (Å²) in [6.45, 7) is 1.26. The number of ether oxygens (including phenoxy) is 2. The van der Waals surface area contributed by atoms with Gasteiger partial charge in [0.25, 0.3) is 0 Å². The molecule has 4 rings (SSSR count). The molecule has 2 aromatic carbocycles. The number of esters is 1. The van der Waals surface area contributed by atoms with Crippen molar-refractivity contribution in [2.75, 3.05) is 18.2 Å². The fourth-order valence-corrected chi connectivity index (χ4v) is 3.70. The van der Waals surface area contributed by atoms with Gasteiger partial charge in [-0.2, -0.15) is 15.0 Å². The van der Waals surface area contributed by atoms with E-state index < -0.39 is 12.0 Å². The fourth-order valence-electron chi connectivity index (χ4n) is 3.70. The van der Waals surface area contributed by atoms with Gasteiger partial charge in [0.05, 0.1) is 25.3 Å². The molecule has 0 fully saturated rings. The molecule has 34 heavy (non-hydrogen) atoms. The van der Waals surface area contributed by atoms with Gasteiger partial charge in [-0.05, 0) is 29.3 Å². The number of amides is 1. The van der Waals surface area contributed by atoms with E-state index in [-0.39, 0.29) is 36.7 Å². The van der Waals surface area contributed by atoms with Crippen molar-refractivity contribution in [3.8, 4) is 5.75 Å². The largest absolute Gasteiger partial charge is 0.495 e. The van der Waals surface area contributed by atoms with Gasteiger partial charge in [0, 0.05) is 13.1 Å². The van der Waals surface area contributed by atoms with Crippen molar-refractivity contribution in [2.45, 2.75) is 26.0 Å². The molecule has 174 valence electrons. The molecular weight excluding hydrogens is 436 g/mol. The number of rotatable bonds is 7. The molecule has 10 heteroatoms. The fraction of sp³-hybridized carbons (Fsp3) is 0.208. The standard InChI is InChI=1S/C24H24N6O4/c1-15(31)30-12-11-16-7-3-4-8-17(16)19(30)13-22(32)34-14-21-27-23(25)29-24(28-21)26-18-9-5-6-10-20(18)33-2/h3-12,19H,13-14H2,1-2H3,(H3,25,26,27,28,29)/t19-/m1/s1. The van der Waals surface area contributed by atoms with Crippen LogP contribution in [0.4, 0.5) is 17.6 Å². The Morgan fingerprint density at radius 2 is 1.85 bits per heavy atom. The number of fused-ring (bicyclic) bond motifs is 1. The predicted octanol–water partition coefficient (Wildman–Crippen LogP) is 3.21. The second-order valence-corrected chi connectivity index (χ2v) is 7.51. The first-order valence-electron chi connectivity index (χ1n) is 10.6. The maximum atomic E-state index is 12.7. The second kappa shape index (κ2) is 9.99. The average Bonchev–Trinajstić information content (AvgIpc) is 2.83. The highest BCUT2D eigenvalue weighted by atomic mass is 16.5. The first-order valence-corrected chi connectivity index (χ1v) is 10.6. The van der Waals surface area contributed by atoms with Crippen molar-refractivity contribution in [3.63, 3.8) is 0 Å². The highest BCUT2D eigenvalue weighted by Gasteiger charge is 2.28. The van der Waals surface area contributed by atoms with Crippen LogP contribution in [0, 0.1) is 0 Å². The number of nitrogens with two attached hydrogens (primary N) is 1. The van der Waals surface area contributed by atoms with Crippen LogP contribution in [0.5, 0.6) is 5.75 Å². The minimum absolute atomic E-state index is 0.0200. The maximum absolute atomic E-state index is 12.7. The number of nitrogens with zero attached hydrogens (tertiary/aromatic N) is 4. The van der Waals surface area contributed by atoms with E-state index in [9.17, 15) is 9.59 Å². The molecule has 0 spiro atoms. The third-order valence-electron chi connectivity index (χ3n) is 5.24. The minimum Gasteiger partial charge on any atom is -0.495 e. The van der Waals surface area contributed by atoms with Crippen molar-refractivity contribution < 1.29 is 19.1 Å². The Hall–Kier alpha value is -4.47. The van der Waals surface area contributed by atoms with Crippen molar-refractivity contribution in [2.24, 2.45) is 0 Å². The SMILES string of the molecule is COc1ccccc1Nc1nc(N)nc(COC(=O)C[C@@H]2c3ccccc3C=CN2C(C)=O)n1. The number of para-hydroxylation sites is 2. The Kier molecular flexibility index (Phi) is 6.67. The third kappa shape index (κ3) is 5.12. The van der Waals surface area contributed by atoms with Gasteiger partial charge in [0.1, 0.15) is 5.75 Å². The van der Waals surface area contributed by atoms with Gasteiger partial charge in [-0.15, -0.1) is 0 Å². The maximum Gasteiger partial charge on any atom is 0.308 e. The molecule has 0 radical (unpaired) electrons. The highest BCUT2D eigenvalue weighted by Crippen LogP contribution is 2.33. The number of carbonyl (C=O) groups excluding carboxylic acids is 2. The topological polar surface area (TPSA) is 133 Å². The molecule has 1 aliphatic rings.